The number of nitrogens with zero attached hydrogens (tertiary/aromatic N) is 5. The quantitative estimate of drug-likeness (QED) is 0.384. The molecule has 0 aliphatic carbocycles. The SMILES string of the molecule is CCN1C(=O)[C@@H](NC(=O)c2cccc(C(F)(F)F)c2)[C@@H](c2ccc(F)cc2)c2c(C(=O)N3CCNC[C@H]3C#N)nn(C3CCOCC3)c21. The highest BCUT2D eigenvalue weighted by molar-refractivity contribution is 6.07. The van der Waals surface area contributed by atoms with E-state index in [0.717, 1.165) is 12.1 Å². The fraction of sp³-hybridized carbons (Fsp3) is 0.424. The minimum absolute atomic E-state index is 0.0303. The van der Waals surface area contributed by atoms with Gasteiger partial charge in [-0.05, 0) is 55.7 Å². The smallest absolute Gasteiger partial charge is 0.381 e. The molecular weight excluding hydrogens is 634 g/mol. The van der Waals surface area contributed by atoms with Crippen LogP contribution in [0.3, 0.4) is 0 Å². The number of ether oxygens (including phenoxy) is 1. The largest absolute Gasteiger partial charge is 0.416 e. The van der Waals surface area contributed by atoms with Gasteiger partial charge in [0, 0.05) is 56.4 Å². The van der Waals surface area contributed by atoms with Crippen LogP contribution in [0, 0.1) is 17.1 Å². The lowest BCUT2D eigenvalue weighted by Gasteiger charge is -2.39. The molecule has 0 bridgehead atoms. The first-order valence-corrected chi connectivity index (χ1v) is 15.7. The van der Waals surface area contributed by atoms with E-state index < -0.39 is 53.3 Å². The molecule has 3 aliphatic rings. The van der Waals surface area contributed by atoms with E-state index in [4.69, 9.17) is 9.84 Å². The minimum atomic E-state index is -4.71. The molecule has 2 fully saturated rings. The first-order chi connectivity index (χ1) is 23.0. The number of alkyl halides is 3. The van der Waals surface area contributed by atoms with Crippen LogP contribution < -0.4 is 15.5 Å². The van der Waals surface area contributed by atoms with Crippen molar-refractivity contribution in [2.45, 2.75) is 50.0 Å². The Hall–Kier alpha value is -4.81. The molecule has 0 radical (unpaired) electrons. The van der Waals surface area contributed by atoms with Gasteiger partial charge in [0.05, 0.1) is 17.7 Å². The van der Waals surface area contributed by atoms with E-state index in [2.05, 4.69) is 16.7 Å². The van der Waals surface area contributed by atoms with Gasteiger partial charge < -0.3 is 20.3 Å². The summed E-state index contributed by atoms with van der Waals surface area (Å²) in [6.45, 7) is 3.56. The van der Waals surface area contributed by atoms with Crippen LogP contribution in [0.4, 0.5) is 23.4 Å². The number of carbonyl (C=O) groups excluding carboxylic acids is 3. The Balaban J connectivity index is 1.54. The number of rotatable bonds is 6. The van der Waals surface area contributed by atoms with E-state index in [1.807, 2.05) is 0 Å². The number of likely N-dealkylation sites (N-methyl/N-ethyl adjacent to an activating group) is 1. The molecule has 2 N–H and O–H groups in total. The van der Waals surface area contributed by atoms with Crippen molar-refractivity contribution in [2.75, 3.05) is 44.3 Å². The Bertz CT molecular complexity index is 1750. The van der Waals surface area contributed by atoms with Gasteiger partial charge in [-0.25, -0.2) is 9.07 Å². The monoisotopic (exact) mass is 667 g/mol. The number of nitriles is 1. The van der Waals surface area contributed by atoms with Crippen LogP contribution in [0.5, 0.6) is 0 Å². The molecule has 3 aliphatic heterocycles. The van der Waals surface area contributed by atoms with Crippen LogP contribution >= 0.6 is 0 Å². The maximum Gasteiger partial charge on any atom is 0.416 e. The molecule has 2 aromatic carbocycles. The highest BCUT2D eigenvalue weighted by atomic mass is 19.4. The van der Waals surface area contributed by atoms with Crippen molar-refractivity contribution in [1.82, 2.24) is 25.3 Å². The number of hydrogen-bond acceptors (Lipinski definition) is 7. The number of amides is 3. The van der Waals surface area contributed by atoms with Crippen molar-refractivity contribution in [3.63, 3.8) is 0 Å². The molecule has 0 spiro atoms. The first kappa shape index (κ1) is 33.1. The van der Waals surface area contributed by atoms with Crippen LogP contribution in [0.2, 0.25) is 0 Å². The summed E-state index contributed by atoms with van der Waals surface area (Å²) in [7, 11) is 0. The lowest BCUT2D eigenvalue weighted by Crippen LogP contribution is -2.56. The number of benzene rings is 2. The molecule has 3 atom stereocenters. The third-order valence-corrected chi connectivity index (χ3v) is 9.03. The zero-order valence-corrected chi connectivity index (χ0v) is 26.0. The molecule has 1 aromatic heterocycles. The fourth-order valence-electron chi connectivity index (χ4n) is 6.66. The average molecular weight is 668 g/mol. The number of fused-ring (bicyclic) bond motifs is 1. The summed E-state index contributed by atoms with van der Waals surface area (Å²) in [5.74, 6) is -3.40. The van der Waals surface area contributed by atoms with Crippen LogP contribution in [0.25, 0.3) is 0 Å². The van der Waals surface area contributed by atoms with Crippen LogP contribution in [0.15, 0.2) is 48.5 Å². The average Bonchev–Trinajstić information content (AvgIpc) is 3.48. The maximum atomic E-state index is 14.4. The van der Waals surface area contributed by atoms with Gasteiger partial charge in [0.1, 0.15) is 23.7 Å². The van der Waals surface area contributed by atoms with Gasteiger partial charge in [-0.2, -0.15) is 23.5 Å². The van der Waals surface area contributed by atoms with Crippen molar-refractivity contribution >= 4 is 23.5 Å². The van der Waals surface area contributed by atoms with E-state index in [1.165, 1.54) is 40.1 Å². The summed E-state index contributed by atoms with van der Waals surface area (Å²) in [6, 6.07) is 8.75. The zero-order valence-electron chi connectivity index (χ0n) is 26.0. The van der Waals surface area contributed by atoms with Crippen LogP contribution in [-0.2, 0) is 15.7 Å². The number of piperazine rings is 1. The summed E-state index contributed by atoms with van der Waals surface area (Å²) in [6.07, 6.45) is -3.63. The number of hydrogen-bond donors (Lipinski definition) is 2. The molecule has 3 aromatic rings. The molecule has 4 heterocycles. The summed E-state index contributed by atoms with van der Waals surface area (Å²) in [5, 5.41) is 20.4. The van der Waals surface area contributed by atoms with Gasteiger partial charge >= 0.3 is 6.18 Å². The number of halogens is 4. The molecule has 0 unspecified atom stereocenters. The minimum Gasteiger partial charge on any atom is -0.381 e. The molecule has 11 nitrogen and oxygen atoms in total. The molecule has 6 rings (SSSR count). The Labute approximate surface area is 273 Å². The molecule has 3 amide bonds. The predicted molar refractivity (Wildman–Crippen MR) is 164 cm³/mol. The van der Waals surface area contributed by atoms with E-state index in [1.54, 1.807) is 11.6 Å². The molecular formula is C33H33F4N7O4. The fourth-order valence-corrected chi connectivity index (χ4v) is 6.66. The molecule has 252 valence electrons. The van der Waals surface area contributed by atoms with Crippen molar-refractivity contribution in [3.05, 3.63) is 82.3 Å². The van der Waals surface area contributed by atoms with Crippen molar-refractivity contribution in [3.8, 4) is 6.07 Å². The Morgan fingerprint density at radius 1 is 1.15 bits per heavy atom. The van der Waals surface area contributed by atoms with Crippen molar-refractivity contribution in [1.29, 1.82) is 5.26 Å². The highest BCUT2D eigenvalue weighted by Crippen LogP contribution is 2.45. The predicted octanol–water partition coefficient (Wildman–Crippen LogP) is 3.63. The maximum absolute atomic E-state index is 14.4. The van der Waals surface area contributed by atoms with Gasteiger partial charge in [-0.1, -0.05) is 18.2 Å². The topological polar surface area (TPSA) is 133 Å². The second-order valence-electron chi connectivity index (χ2n) is 11.9. The van der Waals surface area contributed by atoms with Crippen LogP contribution in [0.1, 0.15) is 69.3 Å². The summed E-state index contributed by atoms with van der Waals surface area (Å²) in [4.78, 5) is 45.3. The zero-order chi connectivity index (χ0) is 34.2. The second-order valence-corrected chi connectivity index (χ2v) is 11.9. The van der Waals surface area contributed by atoms with Gasteiger partial charge in [0.15, 0.2) is 5.69 Å². The normalized spacial score (nSPS) is 21.8. The lowest BCUT2D eigenvalue weighted by molar-refractivity contribution is -0.137. The summed E-state index contributed by atoms with van der Waals surface area (Å²) in [5.41, 5.74) is -0.724. The molecule has 0 saturated carbocycles. The van der Waals surface area contributed by atoms with E-state index in [9.17, 15) is 37.2 Å². The van der Waals surface area contributed by atoms with E-state index >= 15 is 0 Å². The van der Waals surface area contributed by atoms with E-state index in [0.29, 0.717) is 55.6 Å². The number of carbonyl (C=O) groups is 3. The van der Waals surface area contributed by atoms with Gasteiger partial charge in [-0.3, -0.25) is 19.3 Å². The number of aromatic nitrogens is 2. The van der Waals surface area contributed by atoms with Gasteiger partial charge in [0.25, 0.3) is 17.7 Å². The summed E-state index contributed by atoms with van der Waals surface area (Å²) >= 11 is 0. The third kappa shape index (κ3) is 6.13. The second kappa shape index (κ2) is 13.4. The molecule has 15 heteroatoms. The highest BCUT2D eigenvalue weighted by Gasteiger charge is 2.48. The summed E-state index contributed by atoms with van der Waals surface area (Å²) < 4.78 is 62.0. The van der Waals surface area contributed by atoms with Crippen molar-refractivity contribution in [2.24, 2.45) is 0 Å². The van der Waals surface area contributed by atoms with E-state index in [-0.39, 0.29) is 36.9 Å². The van der Waals surface area contributed by atoms with Gasteiger partial charge in [0.2, 0.25) is 0 Å². The standard InChI is InChI=1S/C33H33F4N7O4/c1-2-42-30-26(28(41-44(30)23-10-14-48-15-11-23)32(47)43-13-12-39-18-24(43)17-38)25(19-6-8-22(34)9-7-19)27(31(42)46)40-29(45)20-4-3-5-21(16-20)33(35,36)37/h3-9,16,23-25,27,39H,2,10-15,18H2,1H3,(H,40,45)/t24-,25+,27+/m1/s1. The third-order valence-electron chi connectivity index (χ3n) is 9.03. The van der Waals surface area contributed by atoms with Gasteiger partial charge in [-0.15, -0.1) is 0 Å². The first-order valence-electron chi connectivity index (χ1n) is 15.7. The Kier molecular flexibility index (Phi) is 9.22. The Morgan fingerprint density at radius 3 is 2.54 bits per heavy atom. The van der Waals surface area contributed by atoms with Crippen LogP contribution in [-0.4, -0.2) is 83.9 Å². The Morgan fingerprint density at radius 2 is 1.88 bits per heavy atom. The lowest BCUT2D eigenvalue weighted by atomic mass is 9.80. The number of nitrogens with one attached hydrogen (secondary N) is 2. The van der Waals surface area contributed by atoms with Crippen molar-refractivity contribution < 1.29 is 36.7 Å². The molecule has 48 heavy (non-hydrogen) atoms. The number of anilines is 1. The molecule has 2 saturated heterocycles.